The Morgan fingerprint density at radius 1 is 1.34 bits per heavy atom. The second kappa shape index (κ2) is 7.02. The molecule has 0 spiro atoms. The molecule has 0 saturated heterocycles. The molecule has 2 aromatic rings. The summed E-state index contributed by atoms with van der Waals surface area (Å²) in [7, 11) is 1.25. The summed E-state index contributed by atoms with van der Waals surface area (Å²) in [5.74, 6) is -1.24. The van der Waals surface area contributed by atoms with Crippen molar-refractivity contribution in [1.29, 1.82) is 0 Å². The van der Waals surface area contributed by atoms with Crippen LogP contribution in [0.1, 0.15) is 51.9 Å². The summed E-state index contributed by atoms with van der Waals surface area (Å²) in [6.45, 7) is 4.39. The van der Waals surface area contributed by atoms with Crippen molar-refractivity contribution in [2.24, 2.45) is 0 Å². The molecule has 1 N–H and O–H groups in total. The van der Waals surface area contributed by atoms with Gasteiger partial charge in [-0.15, -0.1) is 0 Å². The molecular formula is C21H24N4O4. The molecule has 1 atom stereocenters. The summed E-state index contributed by atoms with van der Waals surface area (Å²) in [4.78, 5) is 44.3. The summed E-state index contributed by atoms with van der Waals surface area (Å²) in [5, 5.41) is 2.98. The molecule has 0 bridgehead atoms. The van der Waals surface area contributed by atoms with Crippen LogP contribution in [0.4, 0.5) is 0 Å². The van der Waals surface area contributed by atoms with Gasteiger partial charge in [0.25, 0.3) is 5.91 Å². The number of rotatable bonds is 5. The SMILES string of the molecule is COC(=O)c1ncn2c1C(=O)N(C1CC1)[C@@](C)(C(=O)NCc1cccc(C)c1)C2. The number of hydrogen-bond acceptors (Lipinski definition) is 5. The maximum atomic E-state index is 13.3. The van der Waals surface area contributed by atoms with Gasteiger partial charge in [-0.3, -0.25) is 9.59 Å². The van der Waals surface area contributed by atoms with E-state index in [2.05, 4.69) is 10.3 Å². The quantitative estimate of drug-likeness (QED) is 0.776. The lowest BCUT2D eigenvalue weighted by Crippen LogP contribution is -2.64. The fraction of sp³-hybridized carbons (Fsp3) is 0.429. The van der Waals surface area contributed by atoms with Crippen molar-refractivity contribution < 1.29 is 19.1 Å². The summed E-state index contributed by atoms with van der Waals surface area (Å²) >= 11 is 0. The van der Waals surface area contributed by atoms with E-state index in [1.165, 1.54) is 13.4 Å². The number of esters is 1. The van der Waals surface area contributed by atoms with Crippen LogP contribution in [0.3, 0.4) is 0 Å². The number of benzene rings is 1. The first-order valence-electron chi connectivity index (χ1n) is 9.66. The summed E-state index contributed by atoms with van der Waals surface area (Å²) in [6, 6.07) is 7.92. The van der Waals surface area contributed by atoms with E-state index < -0.39 is 11.5 Å². The first kappa shape index (κ1) is 19.2. The molecule has 2 amide bonds. The Bertz CT molecular complexity index is 994. The molecule has 1 aliphatic carbocycles. The molecule has 8 heteroatoms. The van der Waals surface area contributed by atoms with E-state index in [4.69, 9.17) is 4.74 Å². The lowest BCUT2D eigenvalue weighted by Gasteiger charge is -2.44. The van der Waals surface area contributed by atoms with Crippen molar-refractivity contribution in [3.8, 4) is 0 Å². The highest BCUT2D eigenvalue weighted by Gasteiger charge is 2.53. The van der Waals surface area contributed by atoms with Crippen LogP contribution in [0, 0.1) is 6.92 Å². The predicted molar refractivity (Wildman–Crippen MR) is 104 cm³/mol. The van der Waals surface area contributed by atoms with Gasteiger partial charge in [0.05, 0.1) is 20.0 Å². The number of nitrogens with one attached hydrogen (secondary N) is 1. The fourth-order valence-corrected chi connectivity index (χ4v) is 4.00. The third-order valence-corrected chi connectivity index (χ3v) is 5.58. The Kier molecular flexibility index (Phi) is 4.64. The van der Waals surface area contributed by atoms with Gasteiger partial charge in [-0.25, -0.2) is 9.78 Å². The molecule has 2 aliphatic rings. The second-order valence-corrected chi connectivity index (χ2v) is 7.91. The van der Waals surface area contributed by atoms with Crippen LogP contribution in [-0.4, -0.2) is 50.9 Å². The van der Waals surface area contributed by atoms with Crippen molar-refractivity contribution in [3.05, 3.63) is 53.1 Å². The van der Waals surface area contributed by atoms with Crippen LogP contribution in [0.15, 0.2) is 30.6 Å². The number of methoxy groups -OCH3 is 1. The van der Waals surface area contributed by atoms with E-state index >= 15 is 0 Å². The monoisotopic (exact) mass is 396 g/mol. The third-order valence-electron chi connectivity index (χ3n) is 5.58. The number of aromatic nitrogens is 2. The standard InChI is InChI=1S/C21H24N4O4/c1-13-5-4-6-14(9-13)10-22-20(28)21(2)11-24-12-23-16(19(27)29-3)17(24)18(26)25(21)15-7-8-15/h4-6,9,12,15H,7-8,10-11H2,1-3H3,(H,22,28)/t21-/m1/s1. The number of hydrogen-bond donors (Lipinski definition) is 1. The van der Waals surface area contributed by atoms with Crippen molar-refractivity contribution in [1.82, 2.24) is 19.8 Å². The maximum Gasteiger partial charge on any atom is 0.359 e. The first-order chi connectivity index (χ1) is 13.8. The van der Waals surface area contributed by atoms with Crippen LogP contribution >= 0.6 is 0 Å². The van der Waals surface area contributed by atoms with Crippen LogP contribution in [0.25, 0.3) is 0 Å². The van der Waals surface area contributed by atoms with Gasteiger partial charge in [0, 0.05) is 12.6 Å². The van der Waals surface area contributed by atoms with E-state index in [1.807, 2.05) is 31.2 Å². The highest BCUT2D eigenvalue weighted by molar-refractivity contribution is 6.06. The van der Waals surface area contributed by atoms with Gasteiger partial charge in [0.15, 0.2) is 5.69 Å². The first-order valence-corrected chi connectivity index (χ1v) is 9.66. The summed E-state index contributed by atoms with van der Waals surface area (Å²) in [5.41, 5.74) is 1.23. The van der Waals surface area contributed by atoms with Crippen molar-refractivity contribution >= 4 is 17.8 Å². The highest BCUT2D eigenvalue weighted by Crippen LogP contribution is 2.38. The largest absolute Gasteiger partial charge is 0.464 e. The van der Waals surface area contributed by atoms with E-state index in [0.29, 0.717) is 6.54 Å². The molecule has 0 unspecified atom stereocenters. The second-order valence-electron chi connectivity index (χ2n) is 7.91. The molecule has 0 radical (unpaired) electrons. The van der Waals surface area contributed by atoms with Gasteiger partial charge < -0.3 is 19.5 Å². The average Bonchev–Trinajstić information content (AvgIpc) is 3.43. The maximum absolute atomic E-state index is 13.3. The zero-order valence-corrected chi connectivity index (χ0v) is 16.8. The molecule has 2 heterocycles. The summed E-state index contributed by atoms with van der Waals surface area (Å²) < 4.78 is 6.34. The Balaban J connectivity index is 1.63. The number of amides is 2. The molecule has 1 aromatic carbocycles. The number of ether oxygens (including phenoxy) is 1. The van der Waals surface area contributed by atoms with Gasteiger partial charge in [0.2, 0.25) is 5.91 Å². The van der Waals surface area contributed by atoms with Gasteiger partial charge in [-0.1, -0.05) is 29.8 Å². The Hall–Kier alpha value is -3.16. The van der Waals surface area contributed by atoms with E-state index in [1.54, 1.807) is 16.4 Å². The minimum atomic E-state index is -1.07. The minimum absolute atomic E-state index is 0.00799. The van der Waals surface area contributed by atoms with E-state index in [-0.39, 0.29) is 35.8 Å². The molecule has 8 nitrogen and oxygen atoms in total. The topological polar surface area (TPSA) is 93.5 Å². The molecule has 1 saturated carbocycles. The van der Waals surface area contributed by atoms with Crippen LogP contribution in [0.5, 0.6) is 0 Å². The number of fused-ring (bicyclic) bond motifs is 1. The Labute approximate surface area is 168 Å². The molecule has 152 valence electrons. The van der Waals surface area contributed by atoms with Crippen LogP contribution in [0.2, 0.25) is 0 Å². The average molecular weight is 396 g/mol. The number of carbonyl (C=O) groups excluding carboxylic acids is 3. The van der Waals surface area contributed by atoms with E-state index in [0.717, 1.165) is 24.0 Å². The zero-order chi connectivity index (χ0) is 20.8. The normalized spacial score (nSPS) is 20.9. The number of nitrogens with zero attached hydrogens (tertiary/aromatic N) is 3. The van der Waals surface area contributed by atoms with Gasteiger partial charge in [-0.05, 0) is 32.3 Å². The lowest BCUT2D eigenvalue weighted by atomic mass is 9.93. The fourth-order valence-electron chi connectivity index (χ4n) is 4.00. The number of aryl methyl sites for hydroxylation is 1. The summed E-state index contributed by atoms with van der Waals surface area (Å²) in [6.07, 6.45) is 3.11. The lowest BCUT2D eigenvalue weighted by molar-refractivity contribution is -0.133. The Morgan fingerprint density at radius 2 is 2.10 bits per heavy atom. The molecule has 1 aliphatic heterocycles. The third kappa shape index (κ3) is 3.28. The zero-order valence-electron chi connectivity index (χ0n) is 16.8. The van der Waals surface area contributed by atoms with Crippen molar-refractivity contribution in [2.75, 3.05) is 7.11 Å². The Morgan fingerprint density at radius 3 is 2.76 bits per heavy atom. The predicted octanol–water partition coefficient (Wildman–Crippen LogP) is 1.67. The van der Waals surface area contributed by atoms with Crippen molar-refractivity contribution in [3.63, 3.8) is 0 Å². The smallest absolute Gasteiger partial charge is 0.359 e. The van der Waals surface area contributed by atoms with Crippen LogP contribution < -0.4 is 5.32 Å². The van der Waals surface area contributed by atoms with Crippen molar-refractivity contribution in [2.45, 2.75) is 51.4 Å². The molecule has 4 rings (SSSR count). The molecule has 29 heavy (non-hydrogen) atoms. The molecule has 1 fully saturated rings. The van der Waals surface area contributed by atoms with Gasteiger partial charge in [0.1, 0.15) is 11.2 Å². The highest BCUT2D eigenvalue weighted by atomic mass is 16.5. The number of carbonyl (C=O) groups is 3. The van der Waals surface area contributed by atoms with E-state index in [9.17, 15) is 14.4 Å². The number of imidazole rings is 1. The van der Waals surface area contributed by atoms with Gasteiger partial charge in [-0.2, -0.15) is 0 Å². The minimum Gasteiger partial charge on any atom is -0.464 e. The van der Waals surface area contributed by atoms with Crippen LogP contribution in [-0.2, 0) is 22.6 Å². The molecular weight excluding hydrogens is 372 g/mol. The molecule has 1 aromatic heterocycles. The van der Waals surface area contributed by atoms with Gasteiger partial charge >= 0.3 is 5.97 Å².